The van der Waals surface area contributed by atoms with E-state index in [4.69, 9.17) is 0 Å². The largest absolute Gasteiger partial charge is 0.339 e. The molecule has 1 aromatic carbocycles. The molecule has 1 aromatic rings. The van der Waals surface area contributed by atoms with Crippen LogP contribution in [0.4, 0.5) is 0 Å². The highest BCUT2D eigenvalue weighted by Crippen LogP contribution is 2.19. The van der Waals surface area contributed by atoms with E-state index in [1.54, 1.807) is 0 Å². The molecule has 2 rings (SSSR count). The quantitative estimate of drug-likeness (QED) is 0.760. The van der Waals surface area contributed by atoms with Crippen molar-refractivity contribution in [3.63, 3.8) is 0 Å². The van der Waals surface area contributed by atoms with E-state index in [9.17, 15) is 4.79 Å². The SMILES string of the molecule is CC(Cc1ccccc1)C(=O)N1CC(C)N(CCCN(C)C)C(C)C1. The van der Waals surface area contributed by atoms with Gasteiger partial charge in [-0.25, -0.2) is 0 Å². The van der Waals surface area contributed by atoms with Crippen molar-refractivity contribution in [2.75, 3.05) is 40.3 Å². The number of nitrogens with zero attached hydrogens (tertiary/aromatic N) is 3. The third-order valence-corrected chi connectivity index (χ3v) is 5.24. The first-order chi connectivity index (χ1) is 11.9. The Morgan fingerprint density at radius 1 is 1.16 bits per heavy atom. The maximum absolute atomic E-state index is 12.9. The average molecular weight is 346 g/mol. The van der Waals surface area contributed by atoms with Crippen molar-refractivity contribution < 1.29 is 4.79 Å². The molecule has 0 aliphatic carbocycles. The summed E-state index contributed by atoms with van der Waals surface area (Å²) in [6.07, 6.45) is 2.01. The Morgan fingerprint density at radius 2 is 1.76 bits per heavy atom. The summed E-state index contributed by atoms with van der Waals surface area (Å²) in [6.45, 7) is 10.5. The van der Waals surface area contributed by atoms with E-state index in [0.29, 0.717) is 18.0 Å². The van der Waals surface area contributed by atoms with Gasteiger partial charge in [-0.1, -0.05) is 37.3 Å². The zero-order valence-electron chi connectivity index (χ0n) is 16.6. The molecule has 3 atom stereocenters. The van der Waals surface area contributed by atoms with Crippen molar-refractivity contribution in [2.24, 2.45) is 5.92 Å². The van der Waals surface area contributed by atoms with Gasteiger partial charge in [0.05, 0.1) is 0 Å². The molecule has 4 nitrogen and oxygen atoms in total. The van der Waals surface area contributed by atoms with Crippen LogP contribution in [0.25, 0.3) is 0 Å². The van der Waals surface area contributed by atoms with Crippen molar-refractivity contribution in [1.82, 2.24) is 14.7 Å². The predicted molar refractivity (Wildman–Crippen MR) is 105 cm³/mol. The first kappa shape index (κ1) is 19.9. The molecule has 1 aliphatic rings. The Kier molecular flexibility index (Phi) is 7.45. The topological polar surface area (TPSA) is 26.8 Å². The van der Waals surface area contributed by atoms with Crippen molar-refractivity contribution in [1.29, 1.82) is 0 Å². The van der Waals surface area contributed by atoms with E-state index < -0.39 is 0 Å². The number of carbonyl (C=O) groups is 1. The van der Waals surface area contributed by atoms with Crippen LogP contribution in [0.3, 0.4) is 0 Å². The van der Waals surface area contributed by atoms with E-state index in [0.717, 1.165) is 32.6 Å². The molecule has 25 heavy (non-hydrogen) atoms. The van der Waals surface area contributed by atoms with Crippen LogP contribution in [0.2, 0.25) is 0 Å². The number of rotatable bonds is 7. The van der Waals surface area contributed by atoms with Gasteiger partial charge in [-0.2, -0.15) is 0 Å². The van der Waals surface area contributed by atoms with Crippen LogP contribution in [-0.2, 0) is 11.2 Å². The van der Waals surface area contributed by atoms with Gasteiger partial charge in [-0.3, -0.25) is 9.69 Å². The molecule has 0 aromatic heterocycles. The summed E-state index contributed by atoms with van der Waals surface area (Å²) in [5, 5.41) is 0. The van der Waals surface area contributed by atoms with Gasteiger partial charge in [0.1, 0.15) is 0 Å². The third-order valence-electron chi connectivity index (χ3n) is 5.24. The van der Waals surface area contributed by atoms with Gasteiger partial charge in [0.15, 0.2) is 0 Å². The number of hydrogen-bond donors (Lipinski definition) is 0. The summed E-state index contributed by atoms with van der Waals surface area (Å²) in [7, 11) is 4.25. The number of carbonyl (C=O) groups excluding carboxylic acids is 1. The lowest BCUT2D eigenvalue weighted by atomic mass is 9.98. The Bertz CT molecular complexity index is 519. The summed E-state index contributed by atoms with van der Waals surface area (Å²) in [6, 6.07) is 11.2. The molecule has 4 heteroatoms. The fourth-order valence-corrected chi connectivity index (χ4v) is 3.91. The molecular formula is C21H35N3O. The summed E-state index contributed by atoms with van der Waals surface area (Å²) >= 11 is 0. The fraction of sp³-hybridized carbons (Fsp3) is 0.667. The van der Waals surface area contributed by atoms with Gasteiger partial charge < -0.3 is 9.80 Å². The van der Waals surface area contributed by atoms with Crippen molar-refractivity contribution in [3.8, 4) is 0 Å². The van der Waals surface area contributed by atoms with Gasteiger partial charge in [0.2, 0.25) is 5.91 Å². The van der Waals surface area contributed by atoms with Crippen LogP contribution in [0.15, 0.2) is 30.3 Å². The van der Waals surface area contributed by atoms with Crippen LogP contribution in [-0.4, -0.2) is 73.0 Å². The highest BCUT2D eigenvalue weighted by molar-refractivity contribution is 5.79. The summed E-state index contributed by atoms with van der Waals surface area (Å²) in [5.74, 6) is 0.345. The van der Waals surface area contributed by atoms with Gasteiger partial charge >= 0.3 is 0 Å². The number of benzene rings is 1. The summed E-state index contributed by atoms with van der Waals surface area (Å²) < 4.78 is 0. The minimum atomic E-state index is 0.0436. The van der Waals surface area contributed by atoms with E-state index in [-0.39, 0.29) is 5.92 Å². The molecule has 3 unspecified atom stereocenters. The zero-order valence-corrected chi connectivity index (χ0v) is 16.6. The van der Waals surface area contributed by atoms with E-state index in [1.807, 2.05) is 18.2 Å². The molecule has 0 bridgehead atoms. The molecule has 0 saturated carbocycles. The Morgan fingerprint density at radius 3 is 2.32 bits per heavy atom. The van der Waals surface area contributed by atoms with Crippen molar-refractivity contribution >= 4 is 5.91 Å². The maximum Gasteiger partial charge on any atom is 0.225 e. The second-order valence-corrected chi connectivity index (χ2v) is 7.93. The molecule has 0 spiro atoms. The Balaban J connectivity index is 1.88. The minimum absolute atomic E-state index is 0.0436. The van der Waals surface area contributed by atoms with Crippen LogP contribution in [0, 0.1) is 5.92 Å². The molecule has 140 valence electrons. The number of hydrogen-bond acceptors (Lipinski definition) is 3. The van der Waals surface area contributed by atoms with Crippen LogP contribution in [0.1, 0.15) is 32.8 Å². The maximum atomic E-state index is 12.9. The van der Waals surface area contributed by atoms with E-state index >= 15 is 0 Å². The average Bonchev–Trinajstić information content (AvgIpc) is 2.57. The smallest absolute Gasteiger partial charge is 0.225 e. The molecule has 1 fully saturated rings. The lowest BCUT2D eigenvalue weighted by Gasteiger charge is -2.45. The summed E-state index contributed by atoms with van der Waals surface area (Å²) in [4.78, 5) is 19.8. The molecule has 0 N–H and O–H groups in total. The molecule has 1 heterocycles. The van der Waals surface area contributed by atoms with Crippen LogP contribution in [0.5, 0.6) is 0 Å². The van der Waals surface area contributed by atoms with Crippen LogP contribution >= 0.6 is 0 Å². The van der Waals surface area contributed by atoms with Crippen LogP contribution < -0.4 is 0 Å². The predicted octanol–water partition coefficient (Wildman–Crippen LogP) is 2.74. The Labute approximate surface area is 153 Å². The van der Waals surface area contributed by atoms with Gasteiger partial charge in [0.25, 0.3) is 0 Å². The van der Waals surface area contributed by atoms with Crippen molar-refractivity contribution in [2.45, 2.75) is 45.7 Å². The number of amides is 1. The second-order valence-electron chi connectivity index (χ2n) is 7.93. The Hall–Kier alpha value is -1.39. The molecule has 1 amide bonds. The van der Waals surface area contributed by atoms with Gasteiger partial charge in [-0.15, -0.1) is 0 Å². The number of piperazine rings is 1. The van der Waals surface area contributed by atoms with Gasteiger partial charge in [0, 0.05) is 37.6 Å². The molecular weight excluding hydrogens is 310 g/mol. The fourth-order valence-electron chi connectivity index (χ4n) is 3.91. The molecule has 1 saturated heterocycles. The van der Waals surface area contributed by atoms with E-state index in [2.05, 4.69) is 61.7 Å². The van der Waals surface area contributed by atoms with Gasteiger partial charge in [-0.05, 0) is 52.9 Å². The lowest BCUT2D eigenvalue weighted by Crippen LogP contribution is -2.59. The minimum Gasteiger partial charge on any atom is -0.339 e. The monoisotopic (exact) mass is 345 g/mol. The second kappa shape index (κ2) is 9.35. The first-order valence-corrected chi connectivity index (χ1v) is 9.61. The highest BCUT2D eigenvalue weighted by atomic mass is 16.2. The molecule has 1 aliphatic heterocycles. The standard InChI is InChI=1S/C21H35N3O/c1-17(14-20-10-7-6-8-11-20)21(25)23-15-18(2)24(19(3)16-23)13-9-12-22(4)5/h6-8,10-11,17-19H,9,12-16H2,1-5H3. The van der Waals surface area contributed by atoms with E-state index in [1.165, 1.54) is 12.0 Å². The lowest BCUT2D eigenvalue weighted by molar-refractivity contribution is -0.139. The zero-order chi connectivity index (χ0) is 18.4. The summed E-state index contributed by atoms with van der Waals surface area (Å²) in [5.41, 5.74) is 1.24. The first-order valence-electron chi connectivity index (χ1n) is 9.61. The molecule has 0 radical (unpaired) electrons. The highest BCUT2D eigenvalue weighted by Gasteiger charge is 2.32. The van der Waals surface area contributed by atoms with Crippen molar-refractivity contribution in [3.05, 3.63) is 35.9 Å². The normalized spacial score (nSPS) is 23.0. The third kappa shape index (κ3) is 5.82.